The SMILES string of the molecule is C=CCCCCOC(=O)[C@H]1[C@H]2C(=O)N(CCCCCCO)C(C(=O)N(CC=C)c3ccc(OC)cc3)C23CC(C)[C@]1(C)O3. The summed E-state index contributed by atoms with van der Waals surface area (Å²) >= 11 is 0. The Morgan fingerprint density at radius 1 is 1.12 bits per heavy atom. The number of hydrogen-bond acceptors (Lipinski definition) is 7. The Hall–Kier alpha value is -3.17. The summed E-state index contributed by atoms with van der Waals surface area (Å²) in [5, 5.41) is 9.21. The molecule has 0 aromatic heterocycles. The first kappa shape index (κ1) is 32.7. The summed E-state index contributed by atoms with van der Waals surface area (Å²) in [4.78, 5) is 46.0. The van der Waals surface area contributed by atoms with Crippen molar-refractivity contribution < 1.29 is 33.7 Å². The van der Waals surface area contributed by atoms with E-state index in [0.717, 1.165) is 25.7 Å². The molecule has 9 nitrogen and oxygen atoms in total. The van der Waals surface area contributed by atoms with Gasteiger partial charge in [0.25, 0.3) is 5.91 Å². The first-order chi connectivity index (χ1) is 20.7. The summed E-state index contributed by atoms with van der Waals surface area (Å²) in [6, 6.07) is 6.31. The maximum absolute atomic E-state index is 14.7. The Morgan fingerprint density at radius 3 is 2.49 bits per heavy atom. The molecule has 1 aromatic rings. The van der Waals surface area contributed by atoms with Crippen LogP contribution in [0.15, 0.2) is 49.6 Å². The molecular formula is C34H48N2O7. The second kappa shape index (κ2) is 14.1. The van der Waals surface area contributed by atoms with E-state index in [2.05, 4.69) is 13.2 Å². The van der Waals surface area contributed by atoms with Crippen LogP contribution < -0.4 is 9.64 Å². The van der Waals surface area contributed by atoms with Crippen LogP contribution in [0.25, 0.3) is 0 Å². The number of unbranched alkanes of at least 4 members (excludes halogenated alkanes) is 5. The molecular weight excluding hydrogens is 548 g/mol. The number of allylic oxidation sites excluding steroid dienone is 1. The summed E-state index contributed by atoms with van der Waals surface area (Å²) < 4.78 is 17.9. The van der Waals surface area contributed by atoms with Crippen LogP contribution in [0.2, 0.25) is 0 Å². The fourth-order valence-electron chi connectivity index (χ4n) is 7.38. The largest absolute Gasteiger partial charge is 0.497 e. The van der Waals surface area contributed by atoms with Gasteiger partial charge in [-0.3, -0.25) is 14.4 Å². The predicted octanol–water partition coefficient (Wildman–Crippen LogP) is 4.68. The lowest BCUT2D eigenvalue weighted by atomic mass is 9.62. The van der Waals surface area contributed by atoms with Crippen molar-refractivity contribution in [3.8, 4) is 5.75 Å². The number of anilines is 1. The van der Waals surface area contributed by atoms with E-state index in [1.165, 1.54) is 0 Å². The highest BCUT2D eigenvalue weighted by molar-refractivity contribution is 6.04. The van der Waals surface area contributed by atoms with E-state index in [1.54, 1.807) is 35.1 Å². The Kier molecular flexibility index (Phi) is 10.7. The minimum absolute atomic E-state index is 0.0662. The molecule has 3 unspecified atom stereocenters. The van der Waals surface area contributed by atoms with Gasteiger partial charge in [0.2, 0.25) is 5.91 Å². The summed E-state index contributed by atoms with van der Waals surface area (Å²) in [5.41, 5.74) is -1.41. The number of hydrogen-bond donors (Lipinski definition) is 1. The van der Waals surface area contributed by atoms with Gasteiger partial charge in [0.15, 0.2) is 0 Å². The second-order valence-electron chi connectivity index (χ2n) is 12.3. The number of amides is 2. The lowest BCUT2D eigenvalue weighted by molar-refractivity contribution is -0.161. The monoisotopic (exact) mass is 596 g/mol. The molecule has 236 valence electrons. The van der Waals surface area contributed by atoms with E-state index in [0.29, 0.717) is 43.7 Å². The molecule has 0 aliphatic carbocycles. The van der Waals surface area contributed by atoms with E-state index in [1.807, 2.05) is 32.1 Å². The zero-order valence-corrected chi connectivity index (χ0v) is 26.0. The highest BCUT2D eigenvalue weighted by Gasteiger charge is 2.80. The number of fused-ring (bicyclic) bond motifs is 1. The zero-order chi connectivity index (χ0) is 31.2. The maximum atomic E-state index is 14.7. The van der Waals surface area contributed by atoms with Gasteiger partial charge in [-0.25, -0.2) is 0 Å². The highest BCUT2D eigenvalue weighted by Crippen LogP contribution is 2.65. The molecule has 4 rings (SSSR count). The van der Waals surface area contributed by atoms with Crippen molar-refractivity contribution in [2.24, 2.45) is 17.8 Å². The van der Waals surface area contributed by atoms with Crippen molar-refractivity contribution in [1.82, 2.24) is 4.90 Å². The van der Waals surface area contributed by atoms with Crippen molar-refractivity contribution in [2.75, 3.05) is 38.3 Å². The molecule has 3 fully saturated rings. The van der Waals surface area contributed by atoms with Gasteiger partial charge in [0.05, 0.1) is 25.2 Å². The van der Waals surface area contributed by atoms with E-state index >= 15 is 0 Å². The predicted molar refractivity (Wildman–Crippen MR) is 165 cm³/mol. The minimum Gasteiger partial charge on any atom is -0.497 e. The van der Waals surface area contributed by atoms with Gasteiger partial charge in [-0.1, -0.05) is 31.9 Å². The molecule has 2 amide bonds. The number of aliphatic hydroxyl groups is 1. The van der Waals surface area contributed by atoms with Gasteiger partial charge in [0.1, 0.15) is 23.3 Å². The van der Waals surface area contributed by atoms with Gasteiger partial charge in [0, 0.05) is 25.4 Å². The van der Waals surface area contributed by atoms with Crippen molar-refractivity contribution in [2.45, 2.75) is 82.5 Å². The van der Waals surface area contributed by atoms with Crippen molar-refractivity contribution in [3.63, 3.8) is 0 Å². The van der Waals surface area contributed by atoms with Crippen LogP contribution in [0, 0.1) is 17.8 Å². The van der Waals surface area contributed by atoms with Gasteiger partial charge < -0.3 is 29.1 Å². The van der Waals surface area contributed by atoms with E-state index < -0.39 is 35.0 Å². The van der Waals surface area contributed by atoms with Gasteiger partial charge in [-0.15, -0.1) is 13.2 Å². The summed E-state index contributed by atoms with van der Waals surface area (Å²) in [5.74, 6) is -1.91. The third kappa shape index (κ3) is 6.11. The van der Waals surface area contributed by atoms with Gasteiger partial charge in [-0.05, 0) is 75.6 Å². The Bertz CT molecular complexity index is 1170. The van der Waals surface area contributed by atoms with Crippen LogP contribution in [-0.2, 0) is 23.9 Å². The van der Waals surface area contributed by atoms with E-state index in [9.17, 15) is 19.5 Å². The molecule has 1 spiro atoms. The first-order valence-electron chi connectivity index (χ1n) is 15.7. The second-order valence-corrected chi connectivity index (χ2v) is 12.3. The third-order valence-electron chi connectivity index (χ3n) is 9.62. The number of esters is 1. The molecule has 0 saturated carbocycles. The summed E-state index contributed by atoms with van der Waals surface area (Å²) in [6.07, 6.45) is 9.41. The van der Waals surface area contributed by atoms with Crippen LogP contribution in [0.5, 0.6) is 5.75 Å². The van der Waals surface area contributed by atoms with Crippen LogP contribution in [0.4, 0.5) is 5.69 Å². The average Bonchev–Trinajstić information content (AvgIpc) is 3.51. The molecule has 1 aromatic carbocycles. The maximum Gasteiger partial charge on any atom is 0.312 e. The third-order valence-corrected chi connectivity index (χ3v) is 9.62. The lowest BCUT2D eigenvalue weighted by Gasteiger charge is -2.37. The van der Waals surface area contributed by atoms with Crippen LogP contribution in [0.1, 0.15) is 65.2 Å². The standard InChI is InChI=1S/C34H48N2O7/c1-6-8-9-14-22-42-32(40)28-27-30(38)36(20-12-10-11-13-21-37)29(34(27)23-24(3)33(28,4)43-34)31(39)35(19-7-2)25-15-17-26(41-5)18-16-25/h6-7,15-18,24,27-29,37H,1-2,8-14,19-23H2,3-5H3/t24?,27-,28+,29?,33-,34?/m0/s1. The minimum atomic E-state index is -1.15. The Balaban J connectivity index is 1.69. The number of likely N-dealkylation sites (tertiary alicyclic amines) is 1. The first-order valence-corrected chi connectivity index (χ1v) is 15.7. The molecule has 9 heteroatoms. The van der Waals surface area contributed by atoms with Gasteiger partial charge in [-0.2, -0.15) is 0 Å². The topological polar surface area (TPSA) is 106 Å². The molecule has 6 atom stereocenters. The number of carbonyl (C=O) groups excluding carboxylic acids is 3. The molecule has 2 bridgehead atoms. The molecule has 43 heavy (non-hydrogen) atoms. The van der Waals surface area contributed by atoms with Crippen molar-refractivity contribution in [1.29, 1.82) is 0 Å². The smallest absolute Gasteiger partial charge is 0.312 e. The number of aliphatic hydroxyl groups excluding tert-OH is 1. The normalized spacial score (nSPS) is 28.9. The highest BCUT2D eigenvalue weighted by atomic mass is 16.6. The number of ether oxygens (including phenoxy) is 3. The Labute approximate surface area is 255 Å². The summed E-state index contributed by atoms with van der Waals surface area (Å²) in [6.45, 7) is 12.5. The molecule has 1 N–H and O–H groups in total. The van der Waals surface area contributed by atoms with Crippen molar-refractivity contribution in [3.05, 3.63) is 49.6 Å². The average molecular weight is 597 g/mol. The summed E-state index contributed by atoms with van der Waals surface area (Å²) in [7, 11) is 1.59. The quantitative estimate of drug-likeness (QED) is 0.158. The van der Waals surface area contributed by atoms with Gasteiger partial charge >= 0.3 is 5.97 Å². The van der Waals surface area contributed by atoms with Crippen LogP contribution >= 0.6 is 0 Å². The zero-order valence-electron chi connectivity index (χ0n) is 26.0. The lowest BCUT2D eigenvalue weighted by Crippen LogP contribution is -2.57. The van der Waals surface area contributed by atoms with Crippen LogP contribution in [-0.4, -0.2) is 78.4 Å². The van der Waals surface area contributed by atoms with E-state index in [-0.39, 0.29) is 37.5 Å². The van der Waals surface area contributed by atoms with Crippen LogP contribution in [0.3, 0.4) is 0 Å². The fraction of sp³-hybridized carbons (Fsp3) is 0.618. The number of carbonyl (C=O) groups is 3. The number of nitrogens with zero attached hydrogens (tertiary/aromatic N) is 2. The van der Waals surface area contributed by atoms with Crippen molar-refractivity contribution >= 4 is 23.5 Å². The van der Waals surface area contributed by atoms with E-state index in [4.69, 9.17) is 14.2 Å². The molecule has 3 heterocycles. The molecule has 3 saturated heterocycles. The number of methoxy groups -OCH3 is 1. The number of benzene rings is 1. The molecule has 3 aliphatic rings. The molecule has 3 aliphatic heterocycles. The number of rotatable bonds is 17. The Morgan fingerprint density at radius 2 is 1.84 bits per heavy atom. The molecule has 0 radical (unpaired) electrons. The fourth-order valence-corrected chi connectivity index (χ4v) is 7.38.